The summed E-state index contributed by atoms with van der Waals surface area (Å²) in [5.41, 5.74) is 6.82. The molecule has 5 aromatic heterocycles. The Morgan fingerprint density at radius 2 is 1.22 bits per heavy atom. The van der Waals surface area contributed by atoms with Gasteiger partial charge in [0.1, 0.15) is 24.2 Å². The molecule has 450 valence electrons. The van der Waals surface area contributed by atoms with E-state index in [9.17, 15) is 28.9 Å². The summed E-state index contributed by atoms with van der Waals surface area (Å²) < 4.78 is 75.2. The SMILES string of the molecule is C=C(F)C(=O)N1CCN(c2nc(OCC3CC(c4cnc(C(C)C)c(-c5cc6nc(OCC7CCCN7C)nc(N7CCN(C(=O)C(=C)F)[C@@H](CC#N)C7)c6nc5F)c4C)CN3C)nc3cc(-c4c(C)cccc4C(C)C)c(F)nc23)CC1CC#N. The molecule has 4 unspecified atom stereocenters. The molecule has 19 nitrogen and oxygen atoms in total. The van der Waals surface area contributed by atoms with Gasteiger partial charge in [-0.05, 0) is 106 Å². The van der Waals surface area contributed by atoms with E-state index in [1.807, 2.05) is 84.9 Å². The van der Waals surface area contributed by atoms with Crippen molar-refractivity contribution in [3.63, 3.8) is 0 Å². The molecular weight excluding hydrogens is 1110 g/mol. The van der Waals surface area contributed by atoms with Gasteiger partial charge >= 0.3 is 12.0 Å². The molecule has 0 spiro atoms. The number of nitriles is 2. The first kappa shape index (κ1) is 60.7. The molecule has 0 saturated carbocycles. The lowest BCUT2D eigenvalue weighted by atomic mass is 9.87. The van der Waals surface area contributed by atoms with Gasteiger partial charge < -0.3 is 34.0 Å². The van der Waals surface area contributed by atoms with Gasteiger partial charge in [-0.15, -0.1) is 0 Å². The Bertz CT molecular complexity index is 3740. The van der Waals surface area contributed by atoms with Crippen molar-refractivity contribution < 1.29 is 36.6 Å². The molecule has 4 fully saturated rings. The summed E-state index contributed by atoms with van der Waals surface area (Å²) in [4.78, 5) is 69.8. The van der Waals surface area contributed by atoms with Crippen LogP contribution >= 0.6 is 0 Å². The molecule has 0 bridgehead atoms. The summed E-state index contributed by atoms with van der Waals surface area (Å²) in [6.45, 7) is 20.8. The zero-order valence-electron chi connectivity index (χ0n) is 49.9. The van der Waals surface area contributed by atoms with Crippen LogP contribution in [-0.4, -0.2) is 170 Å². The largest absolute Gasteiger partial charge is 0.462 e. The Kier molecular flexibility index (Phi) is 17.8. The van der Waals surface area contributed by atoms with Crippen LogP contribution in [0.15, 0.2) is 61.3 Å². The van der Waals surface area contributed by atoms with Crippen molar-refractivity contribution in [1.82, 2.24) is 54.5 Å². The van der Waals surface area contributed by atoms with Crippen LogP contribution in [0.4, 0.5) is 29.2 Å². The van der Waals surface area contributed by atoms with Gasteiger partial charge in [0, 0.05) is 86.7 Å². The van der Waals surface area contributed by atoms with Gasteiger partial charge in [-0.2, -0.15) is 39.2 Å². The summed E-state index contributed by atoms with van der Waals surface area (Å²) in [6, 6.07) is 11.9. The average molecular weight is 1180 g/mol. The van der Waals surface area contributed by atoms with E-state index in [0.29, 0.717) is 47.4 Å². The number of halogens is 4. The van der Waals surface area contributed by atoms with Crippen LogP contribution in [0.2, 0.25) is 0 Å². The number of carbonyl (C=O) groups is 2. The van der Waals surface area contributed by atoms with Gasteiger partial charge in [0.25, 0.3) is 11.8 Å². The third-order valence-electron chi connectivity index (χ3n) is 17.4. The molecule has 0 N–H and O–H groups in total. The zero-order valence-corrected chi connectivity index (χ0v) is 49.9. The van der Waals surface area contributed by atoms with Gasteiger partial charge in [0.2, 0.25) is 11.9 Å². The Morgan fingerprint density at radius 1 is 0.686 bits per heavy atom. The Labute approximate surface area is 498 Å². The number of aromatic nitrogens is 7. The summed E-state index contributed by atoms with van der Waals surface area (Å²) in [6.07, 6.45) is 4.21. The summed E-state index contributed by atoms with van der Waals surface area (Å²) in [5, 5.41) is 19.6. The van der Waals surface area contributed by atoms with Crippen molar-refractivity contribution in [2.75, 3.05) is 89.5 Å². The highest BCUT2D eigenvalue weighted by Crippen LogP contribution is 2.42. The van der Waals surface area contributed by atoms with Crippen LogP contribution in [0.3, 0.4) is 0 Å². The minimum Gasteiger partial charge on any atom is -0.462 e. The molecule has 23 heteroatoms. The third kappa shape index (κ3) is 12.1. The maximum absolute atomic E-state index is 17.3. The van der Waals surface area contributed by atoms with Crippen LogP contribution in [0.1, 0.15) is 106 Å². The van der Waals surface area contributed by atoms with Gasteiger partial charge in [-0.1, -0.05) is 59.1 Å². The van der Waals surface area contributed by atoms with E-state index < -0.39 is 47.4 Å². The minimum atomic E-state index is -1.14. The molecule has 4 aliphatic rings. The molecule has 1 aromatic carbocycles. The number of nitrogens with zero attached hydrogens (tertiary/aromatic N) is 15. The molecule has 2 amide bonds. The molecule has 4 saturated heterocycles. The fraction of sp³-hybridized carbons (Fsp3) is 0.476. The van der Waals surface area contributed by atoms with E-state index in [-0.39, 0.29) is 134 Å². The first-order valence-electron chi connectivity index (χ1n) is 29.2. The van der Waals surface area contributed by atoms with Crippen LogP contribution in [0.25, 0.3) is 44.3 Å². The van der Waals surface area contributed by atoms with E-state index in [0.717, 1.165) is 41.6 Å². The molecule has 6 aromatic rings. The second kappa shape index (κ2) is 25.3. The van der Waals surface area contributed by atoms with E-state index in [2.05, 4.69) is 45.1 Å². The van der Waals surface area contributed by atoms with Gasteiger partial charge in [0.05, 0.1) is 53.8 Å². The van der Waals surface area contributed by atoms with Gasteiger partial charge in [-0.3, -0.25) is 19.5 Å². The van der Waals surface area contributed by atoms with E-state index in [4.69, 9.17) is 34.4 Å². The first-order chi connectivity index (χ1) is 41.1. The van der Waals surface area contributed by atoms with Crippen LogP contribution in [-0.2, 0) is 9.59 Å². The number of piperazine rings is 2. The molecule has 4 aliphatic heterocycles. The maximum atomic E-state index is 17.3. The number of fused-ring (bicyclic) bond motifs is 2. The van der Waals surface area contributed by atoms with Crippen molar-refractivity contribution in [1.29, 1.82) is 10.5 Å². The van der Waals surface area contributed by atoms with Crippen molar-refractivity contribution in [3.05, 3.63) is 101 Å². The Balaban J connectivity index is 0.974. The highest BCUT2D eigenvalue weighted by molar-refractivity contribution is 5.94. The predicted molar refractivity (Wildman–Crippen MR) is 318 cm³/mol. The van der Waals surface area contributed by atoms with Crippen molar-refractivity contribution in [2.24, 2.45) is 0 Å². The second-order valence-electron chi connectivity index (χ2n) is 23.7. The smallest absolute Gasteiger partial charge is 0.319 e. The van der Waals surface area contributed by atoms with Crippen LogP contribution in [0, 0.1) is 48.4 Å². The lowest BCUT2D eigenvalue weighted by Gasteiger charge is -2.41. The van der Waals surface area contributed by atoms with Crippen molar-refractivity contribution >= 4 is 45.5 Å². The number of rotatable bonds is 17. The Morgan fingerprint density at radius 3 is 1.71 bits per heavy atom. The van der Waals surface area contributed by atoms with Gasteiger partial charge in [-0.25, -0.2) is 18.7 Å². The lowest BCUT2D eigenvalue weighted by Crippen LogP contribution is -2.55. The average Bonchev–Trinajstić information content (AvgIpc) is 0.984. The molecule has 0 radical (unpaired) electrons. The number of likely N-dealkylation sites (N-methyl/N-ethyl adjacent to an activating group) is 2. The van der Waals surface area contributed by atoms with Crippen LogP contribution < -0.4 is 19.3 Å². The molecule has 0 aliphatic carbocycles. The summed E-state index contributed by atoms with van der Waals surface area (Å²) in [5.74, 6) is -5.25. The van der Waals surface area contributed by atoms with Gasteiger partial charge in [0.15, 0.2) is 23.3 Å². The number of hydrogen-bond acceptors (Lipinski definition) is 17. The Hall–Kier alpha value is -8.41. The fourth-order valence-corrected chi connectivity index (χ4v) is 12.8. The number of carbonyl (C=O) groups excluding carboxylic acids is 2. The van der Waals surface area contributed by atoms with Crippen molar-refractivity contribution in [3.8, 4) is 46.4 Å². The number of amides is 2. The number of benzene rings is 1. The monoisotopic (exact) mass is 1180 g/mol. The lowest BCUT2D eigenvalue weighted by molar-refractivity contribution is -0.132. The number of hydrogen-bond donors (Lipinski definition) is 0. The van der Waals surface area contributed by atoms with E-state index in [1.165, 1.54) is 9.80 Å². The standard InChI is InChI=1S/C63H71F4N15O4/c1-34(2)45-15-11-13-36(5)51(45)46-26-49-54(73-56(46)66)58(79-21-23-81(60(83)38(7)64)41(30-79)16-18-68)76-63(71-49)86-33-44-25-40(29-78(44)10)48-28-70-53(35(3)4)52(37(48)6)47-27-50-55(74-57(47)67)59(75-62(72-50)85-32-43-14-12-20-77(43)9)80-22-24-82(61(84)39(8)65)42(31-80)17-19-69/h11,13,15,26-28,34-35,40-44H,7-8,12,14,16-17,20-25,29-33H2,1-6,9-10H3/t40?,41?,42-,43?,44?/m0/s1. The van der Waals surface area contributed by atoms with Crippen molar-refractivity contribution in [2.45, 2.75) is 116 Å². The number of likely N-dealkylation sites (tertiary alicyclic amines) is 2. The number of pyridine rings is 3. The molecule has 10 rings (SSSR count). The summed E-state index contributed by atoms with van der Waals surface area (Å²) in [7, 11) is 4.03. The quantitative estimate of drug-likeness (QED) is 0.0473. The first-order valence-corrected chi connectivity index (χ1v) is 29.2. The summed E-state index contributed by atoms with van der Waals surface area (Å²) >= 11 is 0. The number of anilines is 2. The molecular formula is C63H71F4N15O4. The molecule has 5 atom stereocenters. The molecule has 86 heavy (non-hydrogen) atoms. The van der Waals surface area contributed by atoms with Crippen LogP contribution in [0.5, 0.6) is 12.0 Å². The number of ether oxygens (including phenoxy) is 2. The second-order valence-corrected chi connectivity index (χ2v) is 23.7. The fourth-order valence-electron chi connectivity index (χ4n) is 12.8. The topological polar surface area (TPSA) is 210 Å². The normalized spacial score (nSPS) is 20.3. The maximum Gasteiger partial charge on any atom is 0.319 e. The minimum absolute atomic E-state index is 0.000393. The highest BCUT2D eigenvalue weighted by Gasteiger charge is 2.38. The number of aryl methyl sites for hydroxylation is 1. The molecule has 9 heterocycles. The third-order valence-corrected chi connectivity index (χ3v) is 17.4. The highest BCUT2D eigenvalue weighted by atomic mass is 19.1. The zero-order chi connectivity index (χ0) is 61.4. The van der Waals surface area contributed by atoms with E-state index in [1.54, 1.807) is 17.0 Å². The van der Waals surface area contributed by atoms with E-state index >= 15 is 8.78 Å². The predicted octanol–water partition coefficient (Wildman–Crippen LogP) is 9.40.